The Kier molecular flexibility index (Phi) is 4.65. The summed E-state index contributed by atoms with van der Waals surface area (Å²) in [5, 5.41) is 0. The van der Waals surface area contributed by atoms with Crippen molar-refractivity contribution in [2.24, 2.45) is 0 Å². The van der Waals surface area contributed by atoms with Gasteiger partial charge >= 0.3 is 0 Å². The largest absolute Gasteiger partial charge is 0.270 e. The van der Waals surface area contributed by atoms with E-state index in [1.165, 1.54) is 0 Å². The van der Waals surface area contributed by atoms with Gasteiger partial charge in [-0.25, -0.2) is 0 Å². The van der Waals surface area contributed by atoms with Gasteiger partial charge in [0.05, 0.1) is 0 Å². The van der Waals surface area contributed by atoms with Gasteiger partial charge in [0.2, 0.25) is 0 Å². The molecular weight excluding hydrogens is 135 g/mol. The minimum atomic E-state index is -0.454. The zero-order chi connectivity index (χ0) is 8.31. The van der Waals surface area contributed by atoms with Crippen LogP contribution in [-0.2, 0) is 0 Å². The van der Waals surface area contributed by atoms with Crippen molar-refractivity contribution in [3.63, 3.8) is 0 Å². The Morgan fingerprint density at radius 3 is 0.800 bits per heavy atom. The van der Waals surface area contributed by atoms with Crippen molar-refractivity contribution < 1.29 is 0 Å². The van der Waals surface area contributed by atoms with E-state index in [-0.39, 0.29) is 0 Å². The molecule has 10 heavy (non-hydrogen) atoms. The highest BCUT2D eigenvalue weighted by Gasteiger charge is 2.27. The van der Waals surface area contributed by atoms with E-state index in [2.05, 4.69) is 41.5 Å². The predicted octanol–water partition coefficient (Wildman–Crippen LogP) is 3.71. The van der Waals surface area contributed by atoms with Gasteiger partial charge in [0.1, 0.15) is 0 Å². The lowest BCUT2D eigenvalue weighted by molar-refractivity contribution is 0.863. The van der Waals surface area contributed by atoms with Gasteiger partial charge in [-0.15, -0.1) is 0 Å². The third-order valence-electron chi connectivity index (χ3n) is 2.31. The van der Waals surface area contributed by atoms with E-state index in [1.54, 1.807) is 0 Å². The quantitative estimate of drug-likeness (QED) is 0.546. The van der Waals surface area contributed by atoms with Crippen LogP contribution >= 0.6 is 0 Å². The highest BCUT2D eigenvalue weighted by Crippen LogP contribution is 2.28. The van der Waals surface area contributed by atoms with E-state index >= 15 is 0 Å². The second kappa shape index (κ2) is 4.42. The lowest BCUT2D eigenvalue weighted by Crippen LogP contribution is -2.24. The van der Waals surface area contributed by atoms with Gasteiger partial charge in [-0.2, -0.15) is 0 Å². The van der Waals surface area contributed by atoms with Crippen LogP contribution in [0.25, 0.3) is 0 Å². The summed E-state index contributed by atoms with van der Waals surface area (Å²) in [6, 6.07) is 0. The fraction of sp³-hybridized carbons (Fsp3) is 1.00. The maximum absolute atomic E-state index is 2.39. The molecule has 0 N–H and O–H groups in total. The first-order chi connectivity index (χ1) is 4.46. The number of hydrogen-bond acceptors (Lipinski definition) is 0. The Bertz CT molecular complexity index is 65.7. The first kappa shape index (κ1) is 10.5. The van der Waals surface area contributed by atoms with Crippen LogP contribution in [0.15, 0.2) is 0 Å². The predicted molar refractivity (Wildman–Crippen MR) is 51.0 cm³/mol. The highest BCUT2D eigenvalue weighted by molar-refractivity contribution is 6.63. The van der Waals surface area contributed by atoms with Crippen molar-refractivity contribution in [1.82, 2.24) is 0 Å². The molecule has 0 fully saturated rings. The van der Waals surface area contributed by atoms with Crippen LogP contribution in [0.2, 0.25) is 14.3 Å². The lowest BCUT2D eigenvalue weighted by Gasteiger charge is -2.22. The smallest absolute Gasteiger partial charge is 0.0873 e. The molecule has 0 aromatic carbocycles. The topological polar surface area (TPSA) is 0 Å². The van der Waals surface area contributed by atoms with Crippen LogP contribution in [0.3, 0.4) is 0 Å². The van der Waals surface area contributed by atoms with Crippen LogP contribution in [0.5, 0.6) is 0 Å². The average Bonchev–Trinajstić information content (AvgIpc) is 1.59. The third-order valence-corrected chi connectivity index (χ3v) is 6.93. The average molecular weight is 156 g/mol. The molecule has 0 spiro atoms. The molecule has 0 aliphatic rings. The molecule has 0 atom stereocenters. The van der Waals surface area contributed by atoms with E-state index in [0.717, 1.165) is 14.3 Å². The zero-order valence-corrected chi connectivity index (χ0v) is 9.46. The molecule has 0 rings (SSSR count). The van der Waals surface area contributed by atoms with Gasteiger partial charge in [-0.05, 0) is 0 Å². The molecule has 60 valence electrons. The maximum Gasteiger partial charge on any atom is 0.270 e. The number of hydrogen-bond donors (Lipinski definition) is 0. The summed E-state index contributed by atoms with van der Waals surface area (Å²) in [4.78, 5) is 0. The van der Waals surface area contributed by atoms with Crippen molar-refractivity contribution in [3.05, 3.63) is 0 Å². The zero-order valence-electron chi connectivity index (χ0n) is 8.31. The molecule has 0 saturated heterocycles. The molecule has 0 unspecified atom stereocenters. The van der Waals surface area contributed by atoms with Crippen LogP contribution < -0.4 is 0 Å². The Morgan fingerprint density at radius 1 is 0.600 bits per heavy atom. The van der Waals surface area contributed by atoms with Crippen LogP contribution in [-0.4, -0.2) is 14.1 Å². The van der Waals surface area contributed by atoms with Crippen LogP contribution in [0.4, 0.5) is 0 Å². The molecule has 0 radical (unpaired) electrons. The lowest BCUT2D eigenvalue weighted by atomic mass is 10.5. The molecule has 0 aromatic rings. The Balaban J connectivity index is 3.98. The molecule has 0 amide bonds. The van der Waals surface area contributed by atoms with Crippen molar-refractivity contribution in [2.45, 2.75) is 55.9 Å². The number of rotatable bonds is 3. The Morgan fingerprint density at radius 2 is 0.800 bits per heavy atom. The molecule has 0 bridgehead atoms. The monoisotopic (exact) mass is 156 g/mol. The summed E-state index contributed by atoms with van der Waals surface area (Å²) >= 11 is -0.454. The molecule has 0 aliphatic heterocycles. The summed E-state index contributed by atoms with van der Waals surface area (Å²) in [6.45, 7) is 14.3. The van der Waals surface area contributed by atoms with E-state index in [9.17, 15) is 0 Å². The van der Waals surface area contributed by atoms with Gasteiger partial charge in [-0.1, -0.05) is 55.9 Å². The second-order valence-corrected chi connectivity index (χ2v) is 9.46. The molecule has 0 aromatic heterocycles. The van der Waals surface area contributed by atoms with E-state index < -0.39 is 14.1 Å². The first-order valence-corrected chi connectivity index (χ1v) is 6.46. The third kappa shape index (κ3) is 3.08. The van der Waals surface area contributed by atoms with E-state index in [0.29, 0.717) is 0 Å². The standard InChI is InChI=1S/3C3H7.Al/c3*1-3-2;/h3*3H,1-2H3;. The van der Waals surface area contributed by atoms with Crippen molar-refractivity contribution >= 4 is 14.1 Å². The van der Waals surface area contributed by atoms with Crippen molar-refractivity contribution in [2.75, 3.05) is 0 Å². The Labute approximate surface area is 70.4 Å². The highest BCUT2D eigenvalue weighted by atomic mass is 27.2. The molecule has 0 aliphatic carbocycles. The normalized spacial score (nSPS) is 11.7. The summed E-state index contributed by atoms with van der Waals surface area (Å²) < 4.78 is 2.92. The summed E-state index contributed by atoms with van der Waals surface area (Å²) in [5.41, 5.74) is 0. The second-order valence-electron chi connectivity index (χ2n) is 4.31. The van der Waals surface area contributed by atoms with E-state index in [4.69, 9.17) is 0 Å². The van der Waals surface area contributed by atoms with Gasteiger partial charge in [0.15, 0.2) is 0 Å². The van der Waals surface area contributed by atoms with Gasteiger partial charge in [-0.3, -0.25) is 0 Å². The summed E-state index contributed by atoms with van der Waals surface area (Å²) in [7, 11) is 0. The minimum absolute atomic E-state index is 0.454. The van der Waals surface area contributed by atoms with Crippen molar-refractivity contribution in [3.8, 4) is 0 Å². The SMILES string of the molecule is C[CH](C)[Al]([CH](C)C)[CH](C)C. The fourth-order valence-electron chi connectivity index (χ4n) is 2.31. The summed E-state index contributed by atoms with van der Waals surface area (Å²) in [5.74, 6) is 0. The van der Waals surface area contributed by atoms with Gasteiger partial charge < -0.3 is 0 Å². The molecular formula is C9H21Al. The summed E-state index contributed by atoms with van der Waals surface area (Å²) in [6.07, 6.45) is 0. The molecule has 0 nitrogen and oxygen atoms in total. The van der Waals surface area contributed by atoms with E-state index in [1.807, 2.05) is 0 Å². The fourth-order valence-corrected chi connectivity index (χ4v) is 6.93. The molecule has 0 heterocycles. The Hall–Kier alpha value is 0.532. The maximum atomic E-state index is 2.39. The van der Waals surface area contributed by atoms with Gasteiger partial charge in [0, 0.05) is 0 Å². The van der Waals surface area contributed by atoms with Gasteiger partial charge in [0.25, 0.3) is 14.1 Å². The molecule has 0 saturated carbocycles. The van der Waals surface area contributed by atoms with Crippen molar-refractivity contribution in [1.29, 1.82) is 0 Å². The van der Waals surface area contributed by atoms with Crippen LogP contribution in [0, 0.1) is 0 Å². The first-order valence-electron chi connectivity index (χ1n) is 4.46. The van der Waals surface area contributed by atoms with Crippen LogP contribution in [0.1, 0.15) is 41.5 Å². The molecule has 1 heteroatoms. The minimum Gasteiger partial charge on any atom is -0.0873 e.